The lowest BCUT2D eigenvalue weighted by Gasteiger charge is -2.32. The van der Waals surface area contributed by atoms with Crippen LogP contribution in [0.25, 0.3) is 0 Å². The molecule has 1 aromatic heterocycles. The van der Waals surface area contributed by atoms with Crippen molar-refractivity contribution in [2.45, 2.75) is 32.2 Å². The number of nitrogens with one attached hydrogen (secondary N) is 1. The Morgan fingerprint density at radius 1 is 1.47 bits per heavy atom. The molecule has 1 heterocycles. The predicted molar refractivity (Wildman–Crippen MR) is 68.7 cm³/mol. The van der Waals surface area contributed by atoms with E-state index in [1.165, 1.54) is 0 Å². The fourth-order valence-corrected chi connectivity index (χ4v) is 1.72. The highest BCUT2D eigenvalue weighted by molar-refractivity contribution is 5.97. The highest BCUT2D eigenvalue weighted by Gasteiger charge is 2.25. The van der Waals surface area contributed by atoms with Crippen molar-refractivity contribution in [2.24, 2.45) is 11.5 Å². The van der Waals surface area contributed by atoms with Gasteiger partial charge in [0, 0.05) is 12.7 Å². The van der Waals surface area contributed by atoms with Gasteiger partial charge in [-0.15, -0.1) is 0 Å². The summed E-state index contributed by atoms with van der Waals surface area (Å²) in [5.74, 6) is 0.0212. The Hall–Kier alpha value is -1.62. The second-order valence-electron chi connectivity index (χ2n) is 4.08. The fraction of sp³-hybridized carbons (Fsp3) is 0.500. The molecule has 0 bridgehead atoms. The molecule has 5 heteroatoms. The molecule has 0 atom stereocenters. The molecule has 0 unspecified atom stereocenters. The second-order valence-corrected chi connectivity index (χ2v) is 4.08. The smallest absolute Gasteiger partial charge is 0.252 e. The van der Waals surface area contributed by atoms with Crippen LogP contribution in [0.15, 0.2) is 18.3 Å². The van der Waals surface area contributed by atoms with Gasteiger partial charge in [0.15, 0.2) is 0 Å². The predicted octanol–water partition coefficient (Wildman–Crippen LogP) is 1.11. The minimum Gasteiger partial charge on any atom is -0.365 e. The molecule has 5 nitrogen and oxygen atoms in total. The van der Waals surface area contributed by atoms with Gasteiger partial charge in [-0.2, -0.15) is 0 Å². The molecule has 0 radical (unpaired) electrons. The van der Waals surface area contributed by atoms with Gasteiger partial charge in [-0.3, -0.25) is 4.79 Å². The van der Waals surface area contributed by atoms with E-state index < -0.39 is 5.91 Å². The number of carbonyl (C=O) groups is 1. The van der Waals surface area contributed by atoms with E-state index in [2.05, 4.69) is 24.1 Å². The Balaban J connectivity index is 3.05. The number of primary amides is 1. The molecule has 0 saturated carbocycles. The number of hydrogen-bond acceptors (Lipinski definition) is 4. The van der Waals surface area contributed by atoms with Crippen LogP contribution in [-0.2, 0) is 0 Å². The summed E-state index contributed by atoms with van der Waals surface area (Å²) < 4.78 is 0. The van der Waals surface area contributed by atoms with Crippen molar-refractivity contribution in [1.29, 1.82) is 0 Å². The molecule has 0 aliphatic carbocycles. The average Bonchev–Trinajstić information content (AvgIpc) is 2.36. The Bertz CT molecular complexity index is 380. The molecule has 0 aliphatic rings. The normalized spacial score (nSPS) is 11.2. The lowest BCUT2D eigenvalue weighted by Crippen LogP contribution is -2.45. The monoisotopic (exact) mass is 236 g/mol. The third-order valence-corrected chi connectivity index (χ3v) is 3.20. The Kier molecular flexibility index (Phi) is 4.45. The van der Waals surface area contributed by atoms with Gasteiger partial charge in [-0.25, -0.2) is 4.98 Å². The zero-order chi connectivity index (χ0) is 12.9. The first-order chi connectivity index (χ1) is 8.08. The van der Waals surface area contributed by atoms with Gasteiger partial charge in [0.1, 0.15) is 5.82 Å². The molecule has 94 valence electrons. The highest BCUT2D eigenvalue weighted by atomic mass is 16.1. The largest absolute Gasteiger partial charge is 0.365 e. The van der Waals surface area contributed by atoms with Gasteiger partial charge in [0.05, 0.1) is 11.1 Å². The van der Waals surface area contributed by atoms with E-state index in [0.29, 0.717) is 17.9 Å². The molecule has 0 saturated heterocycles. The van der Waals surface area contributed by atoms with Crippen molar-refractivity contribution in [3.63, 3.8) is 0 Å². The fourth-order valence-electron chi connectivity index (χ4n) is 1.72. The maximum Gasteiger partial charge on any atom is 0.252 e. The Labute approximate surface area is 102 Å². The average molecular weight is 236 g/mol. The molecule has 0 aliphatic heterocycles. The first-order valence-corrected chi connectivity index (χ1v) is 5.81. The summed E-state index contributed by atoms with van der Waals surface area (Å²) in [5, 5.41) is 3.25. The molecule has 0 spiro atoms. The maximum atomic E-state index is 11.3. The van der Waals surface area contributed by atoms with E-state index in [1.54, 1.807) is 18.3 Å². The molecule has 1 amide bonds. The number of nitrogens with two attached hydrogens (primary N) is 2. The van der Waals surface area contributed by atoms with E-state index in [-0.39, 0.29) is 5.54 Å². The maximum absolute atomic E-state index is 11.3. The Morgan fingerprint density at radius 2 is 2.12 bits per heavy atom. The summed E-state index contributed by atoms with van der Waals surface area (Å²) in [5.41, 5.74) is 11.3. The minimum atomic E-state index is -0.487. The quantitative estimate of drug-likeness (QED) is 0.689. The van der Waals surface area contributed by atoms with Gasteiger partial charge in [-0.1, -0.05) is 13.8 Å². The summed E-state index contributed by atoms with van der Waals surface area (Å²) >= 11 is 0. The van der Waals surface area contributed by atoms with E-state index in [4.69, 9.17) is 11.5 Å². The van der Waals surface area contributed by atoms with Crippen molar-refractivity contribution in [3.05, 3.63) is 23.9 Å². The van der Waals surface area contributed by atoms with Crippen LogP contribution in [0.5, 0.6) is 0 Å². The van der Waals surface area contributed by atoms with Gasteiger partial charge in [0.2, 0.25) is 0 Å². The van der Waals surface area contributed by atoms with Crippen LogP contribution in [0.4, 0.5) is 5.82 Å². The van der Waals surface area contributed by atoms with Crippen molar-refractivity contribution < 1.29 is 4.79 Å². The number of aromatic nitrogens is 1. The highest BCUT2D eigenvalue weighted by Crippen LogP contribution is 2.22. The zero-order valence-electron chi connectivity index (χ0n) is 10.4. The molecule has 1 aromatic rings. The summed E-state index contributed by atoms with van der Waals surface area (Å²) in [6, 6.07) is 3.34. The van der Waals surface area contributed by atoms with Gasteiger partial charge in [-0.05, 0) is 25.0 Å². The van der Waals surface area contributed by atoms with Crippen molar-refractivity contribution in [1.82, 2.24) is 4.98 Å². The van der Waals surface area contributed by atoms with Crippen molar-refractivity contribution in [2.75, 3.05) is 11.9 Å². The molecular formula is C12H20N4O. The van der Waals surface area contributed by atoms with E-state index in [9.17, 15) is 4.79 Å². The number of carbonyl (C=O) groups excluding carboxylic acids is 1. The van der Waals surface area contributed by atoms with Crippen molar-refractivity contribution >= 4 is 11.7 Å². The summed E-state index contributed by atoms with van der Waals surface area (Å²) in [6.45, 7) is 4.58. The molecule has 17 heavy (non-hydrogen) atoms. The number of hydrogen-bond donors (Lipinski definition) is 3. The molecule has 0 fully saturated rings. The Morgan fingerprint density at radius 3 is 2.59 bits per heavy atom. The zero-order valence-corrected chi connectivity index (χ0v) is 10.4. The van der Waals surface area contributed by atoms with E-state index in [0.717, 1.165) is 12.8 Å². The number of nitrogens with zero attached hydrogens (tertiary/aromatic N) is 1. The first-order valence-electron chi connectivity index (χ1n) is 5.81. The lowest BCUT2D eigenvalue weighted by atomic mass is 9.92. The molecule has 5 N–H and O–H groups in total. The standard InChI is InChI=1S/C12H20N4O/c1-3-12(4-2,8-13)16-11-9(10(14)17)6-5-7-15-11/h5-7H,3-4,8,13H2,1-2H3,(H2,14,17)(H,15,16). The van der Waals surface area contributed by atoms with Crippen LogP contribution in [0.3, 0.4) is 0 Å². The third kappa shape index (κ3) is 2.94. The van der Waals surface area contributed by atoms with Crippen LogP contribution in [0.1, 0.15) is 37.0 Å². The SMILES string of the molecule is CCC(CC)(CN)Nc1ncccc1C(N)=O. The van der Waals surface area contributed by atoms with Gasteiger partial charge < -0.3 is 16.8 Å². The first kappa shape index (κ1) is 13.4. The van der Waals surface area contributed by atoms with Crippen LogP contribution >= 0.6 is 0 Å². The summed E-state index contributed by atoms with van der Waals surface area (Å²) in [4.78, 5) is 15.4. The topological polar surface area (TPSA) is 94.0 Å². The second kappa shape index (κ2) is 5.63. The van der Waals surface area contributed by atoms with Crippen LogP contribution in [0, 0.1) is 0 Å². The lowest BCUT2D eigenvalue weighted by molar-refractivity contribution is 0.100. The molecule has 0 aromatic carbocycles. The van der Waals surface area contributed by atoms with Crippen molar-refractivity contribution in [3.8, 4) is 0 Å². The van der Waals surface area contributed by atoms with E-state index in [1.807, 2.05) is 0 Å². The number of anilines is 1. The molecular weight excluding hydrogens is 216 g/mol. The minimum absolute atomic E-state index is 0.238. The van der Waals surface area contributed by atoms with E-state index >= 15 is 0 Å². The molecule has 1 rings (SSSR count). The summed E-state index contributed by atoms with van der Waals surface area (Å²) in [7, 11) is 0. The van der Waals surface area contributed by atoms with Crippen LogP contribution < -0.4 is 16.8 Å². The van der Waals surface area contributed by atoms with Crippen LogP contribution in [-0.4, -0.2) is 23.0 Å². The number of rotatable bonds is 6. The third-order valence-electron chi connectivity index (χ3n) is 3.20. The van der Waals surface area contributed by atoms with Crippen LogP contribution in [0.2, 0.25) is 0 Å². The number of pyridine rings is 1. The van der Waals surface area contributed by atoms with Gasteiger partial charge in [0.25, 0.3) is 5.91 Å². The summed E-state index contributed by atoms with van der Waals surface area (Å²) in [6.07, 6.45) is 3.34. The van der Waals surface area contributed by atoms with Gasteiger partial charge >= 0.3 is 0 Å². The number of amides is 1.